The van der Waals surface area contributed by atoms with Crippen LogP contribution in [0.2, 0.25) is 0 Å². The van der Waals surface area contributed by atoms with Crippen molar-refractivity contribution in [3.63, 3.8) is 0 Å². The Morgan fingerprint density at radius 1 is 1.62 bits per heavy atom. The lowest BCUT2D eigenvalue weighted by Gasteiger charge is -2.11. The summed E-state index contributed by atoms with van der Waals surface area (Å²) in [4.78, 5) is 18.3. The largest absolute Gasteiger partial charge is 0.394 e. The number of nitrogens with zero attached hydrogens (tertiary/aromatic N) is 2. The molecule has 0 spiro atoms. The number of rotatable bonds is 4. The SMILES string of the molecule is NC(=O)[C@H](CO)Nc1ncccn1. The molecule has 0 fully saturated rings. The van der Waals surface area contributed by atoms with Crippen molar-refractivity contribution in [1.29, 1.82) is 0 Å². The van der Waals surface area contributed by atoms with E-state index in [9.17, 15) is 4.79 Å². The number of hydrogen-bond donors (Lipinski definition) is 3. The first-order chi connectivity index (χ1) is 6.24. The van der Waals surface area contributed by atoms with Gasteiger partial charge in [0, 0.05) is 12.4 Å². The number of aromatic nitrogens is 2. The Hall–Kier alpha value is -1.69. The Bertz CT molecular complexity index is 277. The summed E-state index contributed by atoms with van der Waals surface area (Å²) < 4.78 is 0. The maximum absolute atomic E-state index is 10.7. The summed E-state index contributed by atoms with van der Waals surface area (Å²) >= 11 is 0. The molecule has 6 nitrogen and oxygen atoms in total. The molecule has 0 saturated heterocycles. The molecule has 13 heavy (non-hydrogen) atoms. The van der Waals surface area contributed by atoms with E-state index in [0.29, 0.717) is 0 Å². The quantitative estimate of drug-likeness (QED) is 0.539. The van der Waals surface area contributed by atoms with Crippen molar-refractivity contribution in [3.8, 4) is 0 Å². The molecular weight excluding hydrogens is 172 g/mol. The van der Waals surface area contributed by atoms with E-state index in [1.165, 1.54) is 12.4 Å². The zero-order valence-corrected chi connectivity index (χ0v) is 6.84. The molecule has 0 radical (unpaired) electrons. The van der Waals surface area contributed by atoms with E-state index in [4.69, 9.17) is 10.8 Å². The fourth-order valence-electron chi connectivity index (χ4n) is 0.736. The Balaban J connectivity index is 2.62. The van der Waals surface area contributed by atoms with Gasteiger partial charge < -0.3 is 16.2 Å². The molecule has 1 aromatic rings. The molecule has 1 heterocycles. The number of aliphatic hydroxyl groups is 1. The molecule has 0 saturated carbocycles. The second kappa shape index (κ2) is 4.36. The second-order valence-corrected chi connectivity index (χ2v) is 2.35. The average molecular weight is 182 g/mol. The maximum Gasteiger partial charge on any atom is 0.242 e. The van der Waals surface area contributed by atoms with Gasteiger partial charge in [-0.25, -0.2) is 9.97 Å². The highest BCUT2D eigenvalue weighted by atomic mass is 16.3. The van der Waals surface area contributed by atoms with Gasteiger partial charge in [0.15, 0.2) is 0 Å². The molecule has 1 amide bonds. The van der Waals surface area contributed by atoms with Crippen molar-refractivity contribution in [2.45, 2.75) is 6.04 Å². The molecular formula is C7H10N4O2. The lowest BCUT2D eigenvalue weighted by Crippen LogP contribution is -2.38. The van der Waals surface area contributed by atoms with E-state index >= 15 is 0 Å². The van der Waals surface area contributed by atoms with Crippen molar-refractivity contribution >= 4 is 11.9 Å². The van der Waals surface area contributed by atoms with Crippen LogP contribution in [0.4, 0.5) is 5.95 Å². The van der Waals surface area contributed by atoms with Gasteiger partial charge in [-0.15, -0.1) is 0 Å². The normalized spacial score (nSPS) is 12.1. The van der Waals surface area contributed by atoms with E-state index in [0.717, 1.165) is 0 Å². The van der Waals surface area contributed by atoms with Crippen molar-refractivity contribution in [1.82, 2.24) is 9.97 Å². The van der Waals surface area contributed by atoms with E-state index < -0.39 is 11.9 Å². The molecule has 0 aromatic carbocycles. The summed E-state index contributed by atoms with van der Waals surface area (Å²) in [5.41, 5.74) is 4.98. The average Bonchev–Trinajstić information content (AvgIpc) is 2.15. The number of hydrogen-bond acceptors (Lipinski definition) is 5. The molecule has 0 bridgehead atoms. The molecule has 0 aliphatic carbocycles. The standard InChI is InChI=1S/C7H10N4O2/c8-6(13)5(4-12)11-7-9-2-1-3-10-7/h1-3,5,12H,4H2,(H2,8,13)(H,9,10,11)/t5-/m0/s1. The van der Waals surface area contributed by atoms with Crippen LogP contribution in [0.15, 0.2) is 18.5 Å². The summed E-state index contributed by atoms with van der Waals surface area (Å²) in [5, 5.41) is 11.3. The number of amides is 1. The topological polar surface area (TPSA) is 101 Å². The second-order valence-electron chi connectivity index (χ2n) is 2.35. The molecule has 0 aliphatic heterocycles. The maximum atomic E-state index is 10.7. The minimum absolute atomic E-state index is 0.264. The summed E-state index contributed by atoms with van der Waals surface area (Å²) in [7, 11) is 0. The minimum Gasteiger partial charge on any atom is -0.394 e. The zero-order valence-electron chi connectivity index (χ0n) is 6.84. The summed E-state index contributed by atoms with van der Waals surface area (Å²) in [6.07, 6.45) is 3.04. The van der Waals surface area contributed by atoms with Gasteiger partial charge in [-0.1, -0.05) is 0 Å². The van der Waals surface area contributed by atoms with Gasteiger partial charge in [-0.3, -0.25) is 4.79 Å². The van der Waals surface area contributed by atoms with Crippen LogP contribution >= 0.6 is 0 Å². The lowest BCUT2D eigenvalue weighted by atomic mass is 10.3. The first-order valence-electron chi connectivity index (χ1n) is 3.67. The van der Waals surface area contributed by atoms with E-state index in [1.807, 2.05) is 0 Å². The predicted octanol–water partition coefficient (Wildman–Crippen LogP) is -1.27. The Kier molecular flexibility index (Phi) is 3.15. The van der Waals surface area contributed by atoms with E-state index in [1.54, 1.807) is 6.07 Å². The number of carbonyl (C=O) groups excluding carboxylic acids is 1. The summed E-state index contributed by atoms with van der Waals surface area (Å²) in [6.45, 7) is -0.381. The van der Waals surface area contributed by atoms with Gasteiger partial charge in [-0.2, -0.15) is 0 Å². The van der Waals surface area contributed by atoms with Gasteiger partial charge in [0.25, 0.3) is 0 Å². The fraction of sp³-hybridized carbons (Fsp3) is 0.286. The Labute approximate surface area is 74.8 Å². The van der Waals surface area contributed by atoms with Crippen molar-refractivity contribution < 1.29 is 9.90 Å². The fourth-order valence-corrected chi connectivity index (χ4v) is 0.736. The third kappa shape index (κ3) is 2.68. The molecule has 6 heteroatoms. The van der Waals surface area contributed by atoms with Crippen LogP contribution in [0, 0.1) is 0 Å². The van der Waals surface area contributed by atoms with Crippen molar-refractivity contribution in [2.75, 3.05) is 11.9 Å². The number of primary amides is 1. The molecule has 0 aliphatic rings. The monoisotopic (exact) mass is 182 g/mol. The Morgan fingerprint density at radius 2 is 2.23 bits per heavy atom. The van der Waals surface area contributed by atoms with Crippen LogP contribution in [0.25, 0.3) is 0 Å². The van der Waals surface area contributed by atoms with Crippen LogP contribution in [-0.2, 0) is 4.79 Å². The van der Waals surface area contributed by atoms with Gasteiger partial charge >= 0.3 is 0 Å². The number of nitrogens with two attached hydrogens (primary N) is 1. The molecule has 70 valence electrons. The number of anilines is 1. The summed E-state index contributed by atoms with van der Waals surface area (Å²) in [6, 6.07) is 0.797. The Morgan fingerprint density at radius 3 is 2.69 bits per heavy atom. The van der Waals surface area contributed by atoms with Crippen molar-refractivity contribution in [3.05, 3.63) is 18.5 Å². The highest BCUT2D eigenvalue weighted by Crippen LogP contribution is 1.96. The van der Waals surface area contributed by atoms with E-state index in [2.05, 4.69) is 15.3 Å². The predicted molar refractivity (Wildman–Crippen MR) is 45.7 cm³/mol. The van der Waals surface area contributed by atoms with Gasteiger partial charge in [-0.05, 0) is 6.07 Å². The molecule has 1 aromatic heterocycles. The third-order valence-corrected chi connectivity index (χ3v) is 1.40. The first-order valence-corrected chi connectivity index (χ1v) is 3.67. The summed E-state index contributed by atoms with van der Waals surface area (Å²) in [5.74, 6) is -0.379. The molecule has 0 unspecified atom stereocenters. The van der Waals surface area contributed by atoms with Gasteiger partial charge in [0.1, 0.15) is 6.04 Å². The van der Waals surface area contributed by atoms with Crippen LogP contribution in [0.5, 0.6) is 0 Å². The number of aliphatic hydroxyl groups excluding tert-OH is 1. The van der Waals surface area contributed by atoms with Crippen LogP contribution in [-0.4, -0.2) is 33.6 Å². The van der Waals surface area contributed by atoms with Crippen LogP contribution in [0.1, 0.15) is 0 Å². The highest BCUT2D eigenvalue weighted by molar-refractivity contribution is 5.82. The smallest absolute Gasteiger partial charge is 0.242 e. The van der Waals surface area contributed by atoms with Crippen LogP contribution in [0.3, 0.4) is 0 Å². The zero-order chi connectivity index (χ0) is 9.68. The molecule has 1 rings (SSSR count). The highest BCUT2D eigenvalue weighted by Gasteiger charge is 2.13. The number of nitrogens with one attached hydrogen (secondary N) is 1. The van der Waals surface area contributed by atoms with Gasteiger partial charge in [0.05, 0.1) is 6.61 Å². The van der Waals surface area contributed by atoms with Gasteiger partial charge in [0.2, 0.25) is 11.9 Å². The molecule has 1 atom stereocenters. The van der Waals surface area contributed by atoms with E-state index in [-0.39, 0.29) is 12.6 Å². The third-order valence-electron chi connectivity index (χ3n) is 1.40. The van der Waals surface area contributed by atoms with Crippen LogP contribution < -0.4 is 11.1 Å². The minimum atomic E-state index is -0.845. The first kappa shape index (κ1) is 9.40. The number of carbonyl (C=O) groups is 1. The molecule has 4 N–H and O–H groups in total. The van der Waals surface area contributed by atoms with Crippen molar-refractivity contribution in [2.24, 2.45) is 5.73 Å². The lowest BCUT2D eigenvalue weighted by molar-refractivity contribution is -0.119.